The van der Waals surface area contributed by atoms with Crippen molar-refractivity contribution in [3.63, 3.8) is 0 Å². The summed E-state index contributed by atoms with van der Waals surface area (Å²) in [5.74, 6) is 0.0725. The molecule has 0 aromatic heterocycles. The summed E-state index contributed by atoms with van der Waals surface area (Å²) >= 11 is 0. The molecule has 0 fully saturated rings. The van der Waals surface area contributed by atoms with Crippen LogP contribution in [0.5, 0.6) is 23.0 Å². The number of nitrogens with zero attached hydrogens (tertiary/aromatic N) is 1. The second-order valence-electron chi connectivity index (χ2n) is 10.4. The van der Waals surface area contributed by atoms with Gasteiger partial charge in [-0.25, -0.2) is 19.4 Å². The van der Waals surface area contributed by atoms with Gasteiger partial charge in [0.05, 0.1) is 38.7 Å². The van der Waals surface area contributed by atoms with E-state index in [2.05, 4.69) is 27.7 Å². The van der Waals surface area contributed by atoms with Gasteiger partial charge in [0.15, 0.2) is 29.6 Å². The minimum atomic E-state index is -0.792. The van der Waals surface area contributed by atoms with Crippen molar-refractivity contribution in [2.24, 2.45) is 5.10 Å². The van der Waals surface area contributed by atoms with Gasteiger partial charge in [0.2, 0.25) is 0 Å². The second kappa shape index (κ2) is 16.6. The number of nitrogens with one attached hydrogen (secondary N) is 3. The van der Waals surface area contributed by atoms with Crippen molar-refractivity contribution in [1.82, 2.24) is 16.1 Å². The van der Waals surface area contributed by atoms with E-state index in [0.717, 1.165) is 11.1 Å². The predicted octanol–water partition coefficient (Wildman–Crippen LogP) is 4.87. The molecule has 12 nitrogen and oxygen atoms in total. The van der Waals surface area contributed by atoms with Gasteiger partial charge in [-0.1, -0.05) is 24.3 Å². The van der Waals surface area contributed by atoms with Crippen molar-refractivity contribution in [3.05, 3.63) is 107 Å². The van der Waals surface area contributed by atoms with E-state index in [4.69, 9.17) is 23.7 Å². The number of carbonyl (C=O) groups is 3. The molecule has 3 N–H and O–H groups in total. The highest BCUT2D eigenvalue weighted by Crippen LogP contribution is 2.35. The number of hydrogen-bond acceptors (Lipinski definition) is 9. The monoisotopic (exact) mass is 660 g/mol. The number of esters is 1. The normalized spacial score (nSPS) is 14.1. The summed E-state index contributed by atoms with van der Waals surface area (Å²) in [6.07, 6.45) is 3.65. The fraction of sp³-hybridized carbons (Fsp3) is 0.257. The Hall–Kier alpha value is -5.85. The smallest absolute Gasteiger partial charge is 0.338 e. The van der Waals surface area contributed by atoms with Gasteiger partial charge in [0.1, 0.15) is 12.4 Å². The number of allylic oxidation sites excluding steroid dienone is 2. The number of hydrazone groups is 1. The Morgan fingerprint density at radius 2 is 1.77 bits per heavy atom. The molecule has 0 radical (unpaired) electrons. The molecule has 48 heavy (non-hydrogen) atoms. The summed E-state index contributed by atoms with van der Waals surface area (Å²) in [5, 5.41) is 9.36. The van der Waals surface area contributed by atoms with E-state index >= 15 is 0 Å². The number of benzene rings is 3. The van der Waals surface area contributed by atoms with Crippen LogP contribution in [0.15, 0.2) is 83.6 Å². The molecule has 0 saturated heterocycles. The number of urea groups is 1. The van der Waals surface area contributed by atoms with Crippen molar-refractivity contribution < 1.29 is 42.5 Å². The molecule has 4 rings (SSSR count). The van der Waals surface area contributed by atoms with Crippen LogP contribution in [0.25, 0.3) is 0 Å². The van der Waals surface area contributed by atoms with Crippen molar-refractivity contribution in [2.45, 2.75) is 32.9 Å². The molecular weight excluding hydrogens is 623 g/mol. The summed E-state index contributed by atoms with van der Waals surface area (Å²) in [4.78, 5) is 37.4. The standard InChI is InChI=1S/C35H37FN4O8/c1-6-8-25-15-23(16-29(45-5)33(25)48-19-22-9-12-26(36)13-10-22)18-37-40-30(41)20-47-27-14-11-24(17-28(27)44-4)32-31(34(42)46-7-2)21(3)38-35(43)39-32/h6,9-18,32H,1,7-8,19-20H2,2-5H3,(H,40,41)(H2,38,39,43)/b37-18-/t32-/m1/s1. The second-order valence-corrected chi connectivity index (χ2v) is 10.4. The van der Waals surface area contributed by atoms with Crippen LogP contribution in [0.4, 0.5) is 9.18 Å². The Bertz CT molecular complexity index is 1720. The molecule has 1 aliphatic heterocycles. The molecule has 13 heteroatoms. The maximum Gasteiger partial charge on any atom is 0.338 e. The van der Waals surface area contributed by atoms with Crippen molar-refractivity contribution in [3.8, 4) is 23.0 Å². The number of amides is 3. The maximum atomic E-state index is 13.3. The van der Waals surface area contributed by atoms with Gasteiger partial charge in [-0.2, -0.15) is 5.10 Å². The number of carbonyl (C=O) groups excluding carboxylic acids is 3. The van der Waals surface area contributed by atoms with Crippen molar-refractivity contribution >= 4 is 24.1 Å². The van der Waals surface area contributed by atoms with Crippen LogP contribution >= 0.6 is 0 Å². The SMILES string of the molecule is C=CCc1cc(/C=N\NC(=O)COc2ccc([C@H]3NC(=O)NC(C)=C3C(=O)OCC)cc2OC)cc(OC)c1OCc1ccc(F)cc1. The topological polar surface area (TPSA) is 146 Å². The Kier molecular flexibility index (Phi) is 12.1. The van der Waals surface area contributed by atoms with Crippen LogP contribution in [0.2, 0.25) is 0 Å². The molecule has 0 unspecified atom stereocenters. The third-order valence-corrected chi connectivity index (χ3v) is 7.08. The molecule has 1 atom stereocenters. The highest BCUT2D eigenvalue weighted by molar-refractivity contribution is 5.95. The first-order chi connectivity index (χ1) is 23.2. The summed E-state index contributed by atoms with van der Waals surface area (Å²) in [6, 6.07) is 13.1. The summed E-state index contributed by atoms with van der Waals surface area (Å²) in [6.45, 7) is 7.12. The first kappa shape index (κ1) is 35.0. The van der Waals surface area contributed by atoms with E-state index in [1.807, 2.05) is 6.07 Å². The van der Waals surface area contributed by atoms with Crippen LogP contribution in [-0.4, -0.2) is 51.6 Å². The lowest BCUT2D eigenvalue weighted by Crippen LogP contribution is -2.45. The zero-order valence-electron chi connectivity index (χ0n) is 27.1. The van der Waals surface area contributed by atoms with E-state index in [1.165, 1.54) is 32.6 Å². The molecule has 0 saturated carbocycles. The third kappa shape index (κ3) is 8.90. The number of ether oxygens (including phenoxy) is 5. The number of methoxy groups -OCH3 is 2. The van der Waals surface area contributed by atoms with E-state index in [-0.39, 0.29) is 42.7 Å². The summed E-state index contributed by atoms with van der Waals surface area (Å²) < 4.78 is 41.2. The number of halogens is 1. The molecule has 3 aromatic carbocycles. The van der Waals surface area contributed by atoms with E-state index in [9.17, 15) is 18.8 Å². The van der Waals surface area contributed by atoms with Gasteiger partial charge in [-0.05, 0) is 73.4 Å². The van der Waals surface area contributed by atoms with Crippen LogP contribution in [0.1, 0.15) is 42.1 Å². The Balaban J connectivity index is 1.41. The minimum Gasteiger partial charge on any atom is -0.493 e. The zero-order chi connectivity index (χ0) is 34.6. The van der Waals surface area contributed by atoms with Crippen LogP contribution in [0, 0.1) is 5.82 Å². The lowest BCUT2D eigenvalue weighted by atomic mass is 9.95. The Labute approximate surface area is 277 Å². The van der Waals surface area contributed by atoms with Gasteiger partial charge in [-0.15, -0.1) is 6.58 Å². The molecule has 3 amide bonds. The average molecular weight is 661 g/mol. The zero-order valence-corrected chi connectivity index (χ0v) is 27.1. The van der Waals surface area contributed by atoms with Gasteiger partial charge < -0.3 is 34.3 Å². The largest absolute Gasteiger partial charge is 0.493 e. The minimum absolute atomic E-state index is 0.171. The third-order valence-electron chi connectivity index (χ3n) is 7.08. The van der Waals surface area contributed by atoms with Gasteiger partial charge in [0, 0.05) is 11.3 Å². The first-order valence-corrected chi connectivity index (χ1v) is 14.9. The maximum absolute atomic E-state index is 13.3. The van der Waals surface area contributed by atoms with Crippen molar-refractivity contribution in [2.75, 3.05) is 27.4 Å². The Morgan fingerprint density at radius 3 is 2.46 bits per heavy atom. The first-order valence-electron chi connectivity index (χ1n) is 14.9. The predicted molar refractivity (Wildman–Crippen MR) is 176 cm³/mol. The van der Waals surface area contributed by atoms with Gasteiger partial charge >= 0.3 is 12.0 Å². The molecule has 0 spiro atoms. The average Bonchev–Trinajstić information content (AvgIpc) is 3.07. The van der Waals surface area contributed by atoms with E-state index in [0.29, 0.717) is 34.7 Å². The van der Waals surface area contributed by atoms with Crippen LogP contribution < -0.4 is 35.0 Å². The lowest BCUT2D eigenvalue weighted by molar-refractivity contribution is -0.139. The van der Waals surface area contributed by atoms with Crippen LogP contribution in [-0.2, 0) is 27.4 Å². The van der Waals surface area contributed by atoms with Gasteiger partial charge in [0.25, 0.3) is 5.91 Å². The van der Waals surface area contributed by atoms with Crippen molar-refractivity contribution in [1.29, 1.82) is 0 Å². The van der Waals surface area contributed by atoms with E-state index < -0.39 is 23.9 Å². The highest BCUT2D eigenvalue weighted by Gasteiger charge is 2.32. The van der Waals surface area contributed by atoms with Gasteiger partial charge in [-0.3, -0.25) is 4.79 Å². The molecule has 252 valence electrons. The molecule has 0 aliphatic carbocycles. The fourth-order valence-corrected chi connectivity index (χ4v) is 4.88. The molecule has 0 bridgehead atoms. The number of hydrogen-bond donors (Lipinski definition) is 3. The summed E-state index contributed by atoms with van der Waals surface area (Å²) in [7, 11) is 2.94. The fourth-order valence-electron chi connectivity index (χ4n) is 4.88. The molecule has 3 aromatic rings. The van der Waals surface area contributed by atoms with E-state index in [1.54, 1.807) is 56.3 Å². The molecule has 1 heterocycles. The number of rotatable bonds is 15. The summed E-state index contributed by atoms with van der Waals surface area (Å²) in [5.41, 5.74) is 5.80. The Morgan fingerprint density at radius 1 is 1.02 bits per heavy atom. The lowest BCUT2D eigenvalue weighted by Gasteiger charge is -2.28. The highest BCUT2D eigenvalue weighted by atomic mass is 19.1. The molecule has 1 aliphatic rings. The van der Waals surface area contributed by atoms with Crippen LogP contribution in [0.3, 0.4) is 0 Å². The quantitative estimate of drug-likeness (QED) is 0.0906. The molecular formula is C35H37FN4O8.